The largest absolute Gasteiger partial charge is 0.507 e. The first-order chi connectivity index (χ1) is 16.0. The third kappa shape index (κ3) is 8.66. The van der Waals surface area contributed by atoms with Crippen LogP contribution in [0.25, 0.3) is 21.8 Å². The fraction of sp³-hybridized carbons (Fsp3) is 0. The lowest BCUT2D eigenvalue weighted by atomic mass is 10.2. The van der Waals surface area contributed by atoms with E-state index in [4.69, 9.17) is 25.4 Å². The van der Waals surface area contributed by atoms with E-state index < -0.39 is 27.0 Å². The lowest BCUT2D eigenvalue weighted by molar-refractivity contribution is -0.742. The molecule has 17 heteroatoms. The van der Waals surface area contributed by atoms with Gasteiger partial charge in [-0.3, -0.25) is 19.7 Å². The summed E-state index contributed by atoms with van der Waals surface area (Å²) in [6, 6.07) is 14.6. The Balaban J connectivity index is 0. The van der Waals surface area contributed by atoms with Crippen LogP contribution in [-0.4, -0.2) is 40.6 Å². The second-order valence-corrected chi connectivity index (χ2v) is 5.84. The summed E-state index contributed by atoms with van der Waals surface area (Å²) >= 11 is 0. The van der Waals surface area contributed by atoms with Crippen molar-refractivity contribution < 1.29 is 32.1 Å². The molecule has 0 spiro atoms. The number of halogens is 1. The molecule has 0 bridgehead atoms. The third-order valence-electron chi connectivity index (χ3n) is 3.78. The van der Waals surface area contributed by atoms with Gasteiger partial charge in [-0.05, 0) is 24.3 Å². The minimum atomic E-state index is -1.50. The Morgan fingerprint density at radius 3 is 1.80 bits per heavy atom. The Labute approximate surface area is 199 Å². The maximum Gasteiger partial charge on any atom is 0.375 e. The van der Waals surface area contributed by atoms with Gasteiger partial charge in [-0.2, -0.15) is 0 Å². The first kappa shape index (κ1) is 29.8. The van der Waals surface area contributed by atoms with E-state index in [-0.39, 0.29) is 30.5 Å². The van der Waals surface area contributed by atoms with Gasteiger partial charge in [-0.1, -0.05) is 24.3 Å². The zero-order valence-corrected chi connectivity index (χ0v) is 17.9. The number of aromatic amines is 2. The van der Waals surface area contributed by atoms with Crippen LogP contribution in [-0.2, 0) is 0 Å². The van der Waals surface area contributed by atoms with E-state index in [0.29, 0.717) is 16.4 Å². The van der Waals surface area contributed by atoms with Crippen molar-refractivity contribution in [2.45, 2.75) is 0 Å². The number of aromatic nitrogens is 2. The molecule has 0 unspecified atom stereocenters. The molecule has 2 aromatic heterocycles. The van der Waals surface area contributed by atoms with E-state index in [9.17, 15) is 29.9 Å². The van der Waals surface area contributed by atoms with E-state index in [1.807, 2.05) is 0 Å². The van der Waals surface area contributed by atoms with Crippen LogP contribution < -0.4 is 11.1 Å². The Morgan fingerprint density at radius 1 is 0.886 bits per heavy atom. The van der Waals surface area contributed by atoms with Crippen LogP contribution in [0, 0.1) is 25.1 Å². The van der Waals surface area contributed by atoms with Gasteiger partial charge < -0.3 is 30.6 Å². The van der Waals surface area contributed by atoms with Gasteiger partial charge in [0.05, 0.1) is 16.0 Å². The standard InChI is InChI=1S/C9H6N2O4.C9H7NO2.ClH.HNO3.HNO2.H2/c12-8-5-3-1-2-4-6(5)10-9(13)7(8)11(14)15;11-8-5-9(12)10-7-4-2-1-3-6(7)8;;2-1(3)4;2-1-3;/h1-4H,(H2,10,12,13);1-5H,(H2,10,11,12);1H;(H,2,3,4);(H,2,3);1H/i;;;;;1+2. The number of H-pyrrole nitrogens is 2. The second-order valence-electron chi connectivity index (χ2n) is 5.84. The molecule has 0 aliphatic carbocycles. The van der Waals surface area contributed by atoms with Crippen LogP contribution in [0.15, 0.2) is 69.5 Å². The summed E-state index contributed by atoms with van der Waals surface area (Å²) < 4.78 is 0. The summed E-state index contributed by atoms with van der Waals surface area (Å²) in [6.45, 7) is 0. The van der Waals surface area contributed by atoms with Crippen LogP contribution >= 0.6 is 12.4 Å². The third-order valence-corrected chi connectivity index (χ3v) is 3.78. The Kier molecular flexibility index (Phi) is 11.9. The number of aromatic hydroxyl groups is 2. The Bertz CT molecular complexity index is 1440. The highest BCUT2D eigenvalue weighted by molar-refractivity contribution is 5.88. The van der Waals surface area contributed by atoms with Crippen LogP contribution in [0.1, 0.15) is 1.43 Å². The molecule has 0 amide bonds. The maximum absolute atomic E-state index is 11.2. The number of nitrogens with zero attached hydrogens (tertiary/aromatic N) is 3. The van der Waals surface area contributed by atoms with Gasteiger partial charge in [0.25, 0.3) is 10.6 Å². The van der Waals surface area contributed by atoms with Crippen LogP contribution in [0.3, 0.4) is 0 Å². The maximum atomic E-state index is 11.2. The highest BCUT2D eigenvalue weighted by Crippen LogP contribution is 2.28. The van der Waals surface area contributed by atoms with Gasteiger partial charge in [-0.25, -0.2) is 0 Å². The molecule has 0 aliphatic heterocycles. The summed E-state index contributed by atoms with van der Waals surface area (Å²) in [7, 11) is 0. The summed E-state index contributed by atoms with van der Waals surface area (Å²) in [6.07, 6.45) is 0. The van der Waals surface area contributed by atoms with Gasteiger partial charge in [0, 0.05) is 18.3 Å². The number of benzene rings is 2. The van der Waals surface area contributed by atoms with E-state index in [0.717, 1.165) is 0 Å². The van der Waals surface area contributed by atoms with Crippen molar-refractivity contribution >= 4 is 39.9 Å². The Morgan fingerprint density at radius 2 is 1.31 bits per heavy atom. The molecule has 4 aromatic rings. The summed E-state index contributed by atoms with van der Waals surface area (Å²) in [4.78, 5) is 53.1. The molecular weight excluding hydrogens is 498 g/mol. The number of hydrogen-bond acceptors (Lipinski definition) is 10. The monoisotopic (exact) mass is 517 g/mol. The predicted octanol–water partition coefficient (Wildman–Crippen LogP) is 2.84. The number of para-hydroxylation sites is 2. The van der Waals surface area contributed by atoms with Gasteiger partial charge in [0.1, 0.15) is 5.75 Å². The lowest BCUT2D eigenvalue weighted by Gasteiger charge is -2.00. The lowest BCUT2D eigenvalue weighted by Crippen LogP contribution is -2.11. The molecule has 0 fully saturated rings. The van der Waals surface area contributed by atoms with Crippen molar-refractivity contribution in [2.24, 2.45) is 5.34 Å². The highest BCUT2D eigenvalue weighted by Gasteiger charge is 2.21. The first-order valence-electron chi connectivity index (χ1n) is 8.62. The van der Waals surface area contributed by atoms with Gasteiger partial charge >= 0.3 is 11.2 Å². The molecule has 0 aliphatic rings. The van der Waals surface area contributed by atoms with Gasteiger partial charge in [0.15, 0.2) is 5.34 Å². The predicted molar refractivity (Wildman–Crippen MR) is 125 cm³/mol. The van der Waals surface area contributed by atoms with E-state index in [2.05, 4.69) is 9.97 Å². The normalized spacial score (nSPS) is 9.03. The van der Waals surface area contributed by atoms with Gasteiger partial charge in [-0.15, -0.1) is 27.4 Å². The van der Waals surface area contributed by atoms with Crippen LogP contribution in [0.2, 0.25) is 0 Å². The first-order valence-corrected chi connectivity index (χ1v) is 8.62. The van der Waals surface area contributed by atoms with Crippen molar-refractivity contribution in [3.8, 4) is 11.5 Å². The van der Waals surface area contributed by atoms with Crippen molar-refractivity contribution in [1.29, 1.82) is 0 Å². The second kappa shape index (κ2) is 14.0. The number of rotatable bonds is 1. The SMILES string of the molecule is Cl.O=NO.O=[N+]([O-])O.O=c1[nH]c2ccccc2c(O)c1[N+](=O)[O-].O=c1cc(O)c2ccccc2[nH]1.[3HH]. The molecule has 16 nitrogen and oxygen atoms in total. The molecule has 6 N–H and O–H groups in total. The molecule has 0 saturated heterocycles. The zero-order chi connectivity index (χ0) is 25.8. The van der Waals surface area contributed by atoms with Crippen LogP contribution in [0.4, 0.5) is 5.69 Å². The summed E-state index contributed by atoms with van der Waals surface area (Å²) in [5.41, 5.74) is -0.996. The molecule has 0 radical (unpaired) electrons. The fourth-order valence-electron chi connectivity index (χ4n) is 2.57. The topological polar surface area (TPSA) is 262 Å². The fourth-order valence-corrected chi connectivity index (χ4v) is 2.57. The minimum absolute atomic E-state index is 0. The van der Waals surface area contributed by atoms with Gasteiger partial charge in [0.2, 0.25) is 5.75 Å². The van der Waals surface area contributed by atoms with Crippen molar-refractivity contribution in [2.75, 3.05) is 0 Å². The van der Waals surface area contributed by atoms with Crippen LogP contribution in [0.5, 0.6) is 11.5 Å². The highest BCUT2D eigenvalue weighted by atomic mass is 35.5. The number of fused-ring (bicyclic) bond motifs is 2. The molecule has 188 valence electrons. The van der Waals surface area contributed by atoms with Crippen molar-refractivity contribution in [3.05, 3.63) is 100 Å². The summed E-state index contributed by atoms with van der Waals surface area (Å²) in [5, 5.41) is 51.8. The zero-order valence-electron chi connectivity index (χ0n) is 17.1. The Hall–Kier alpha value is -5.25. The molecule has 35 heavy (non-hydrogen) atoms. The van der Waals surface area contributed by atoms with E-state index >= 15 is 0 Å². The quantitative estimate of drug-likeness (QED) is 0.121. The number of nitrogens with one attached hydrogen (secondary N) is 2. The minimum Gasteiger partial charge on any atom is -0.507 e. The molecule has 0 atom stereocenters. The number of hydrogen-bond donors (Lipinski definition) is 6. The summed E-state index contributed by atoms with van der Waals surface area (Å²) in [5.74, 6) is -0.575. The molecule has 2 aromatic carbocycles. The average molecular weight is 518 g/mol. The van der Waals surface area contributed by atoms with E-state index in [1.54, 1.807) is 42.5 Å². The number of nitro groups is 1. The smallest absolute Gasteiger partial charge is 0.375 e. The molecule has 2 heterocycles. The van der Waals surface area contributed by atoms with Crippen molar-refractivity contribution in [1.82, 2.24) is 9.97 Å². The molecular formula is C18H18ClN5O11. The van der Waals surface area contributed by atoms with Crippen molar-refractivity contribution in [3.63, 3.8) is 0 Å². The van der Waals surface area contributed by atoms with E-state index in [1.165, 1.54) is 17.5 Å². The average Bonchev–Trinajstić information content (AvgIpc) is 2.74. The molecule has 4 rings (SSSR count). The number of pyridine rings is 2. The molecule has 0 saturated carbocycles.